The molecule has 0 aliphatic rings. The molecule has 12 nitrogen and oxygen atoms in total. The molecule has 3 aromatic rings. The van der Waals surface area contributed by atoms with E-state index in [0.29, 0.717) is 6.07 Å². The van der Waals surface area contributed by atoms with Crippen LogP contribution in [0.15, 0.2) is 73.4 Å². The van der Waals surface area contributed by atoms with Crippen LogP contribution in [0.5, 0.6) is 0 Å². The van der Waals surface area contributed by atoms with E-state index in [2.05, 4.69) is 10.2 Å². The summed E-state index contributed by atoms with van der Waals surface area (Å²) in [6, 6.07) is 7.86. The van der Waals surface area contributed by atoms with Crippen LogP contribution < -0.4 is 94.4 Å². The number of fused-ring (bicyclic) bond motifs is 1. The van der Waals surface area contributed by atoms with Crippen LogP contribution in [-0.2, 0) is 30.4 Å². The second-order valence-electron chi connectivity index (χ2n) is 6.08. The largest absolute Gasteiger partial charge is 1.00 e. The molecule has 3 rings (SSSR count). The van der Waals surface area contributed by atoms with Crippen molar-refractivity contribution in [2.24, 2.45) is 10.2 Å². The van der Waals surface area contributed by atoms with Crippen molar-refractivity contribution in [1.29, 1.82) is 0 Å². The van der Waals surface area contributed by atoms with Gasteiger partial charge in [0.25, 0.3) is 0 Å². The summed E-state index contributed by atoms with van der Waals surface area (Å²) in [5, 5.41) is 7.13. The second-order valence-corrected chi connectivity index (χ2v) is 10.2. The maximum Gasteiger partial charge on any atom is 1.00 e. The SMILES string of the molecule is Nc1ccc2c(S(=O)(=O)[O-])cc(S(=O)(=O)[O-])cc2c1N=Nc1ccc(S(=O)(=O)[O-])cc1.[Na+].[Na+].[Na+]. The molecule has 34 heavy (non-hydrogen) atoms. The van der Waals surface area contributed by atoms with Crippen LogP contribution in [0.4, 0.5) is 17.1 Å². The van der Waals surface area contributed by atoms with E-state index in [4.69, 9.17) is 5.73 Å². The molecule has 0 bridgehead atoms. The van der Waals surface area contributed by atoms with Crippen molar-refractivity contribution in [2.75, 3.05) is 5.73 Å². The number of anilines is 1. The smallest absolute Gasteiger partial charge is 0.744 e. The third-order valence-electron chi connectivity index (χ3n) is 4.02. The number of nitrogens with two attached hydrogens (primary N) is 1. The first-order chi connectivity index (χ1) is 14.2. The van der Waals surface area contributed by atoms with E-state index in [9.17, 15) is 38.9 Å². The van der Waals surface area contributed by atoms with Crippen molar-refractivity contribution >= 4 is 58.2 Å². The Morgan fingerprint density at radius 1 is 0.618 bits per heavy atom. The van der Waals surface area contributed by atoms with Gasteiger partial charge < -0.3 is 19.4 Å². The number of nitrogens with zero attached hydrogens (tertiary/aromatic N) is 2. The first-order valence-corrected chi connectivity index (χ1v) is 12.2. The van der Waals surface area contributed by atoms with Crippen LogP contribution in [-0.4, -0.2) is 38.9 Å². The first kappa shape index (κ1) is 34.0. The van der Waals surface area contributed by atoms with Crippen molar-refractivity contribution < 1.29 is 128 Å². The van der Waals surface area contributed by atoms with Gasteiger partial charge >= 0.3 is 88.7 Å². The fourth-order valence-corrected chi connectivity index (χ4v) is 4.41. The van der Waals surface area contributed by atoms with E-state index in [1.54, 1.807) is 0 Å². The van der Waals surface area contributed by atoms with Gasteiger partial charge in [0.1, 0.15) is 36.0 Å². The predicted octanol–water partition coefficient (Wildman–Crippen LogP) is -7.44. The van der Waals surface area contributed by atoms with Gasteiger partial charge in [0.2, 0.25) is 0 Å². The molecule has 0 aliphatic carbocycles. The minimum atomic E-state index is -5.18. The zero-order valence-corrected chi connectivity index (χ0v) is 26.4. The minimum absolute atomic E-state index is 0. The summed E-state index contributed by atoms with van der Waals surface area (Å²) >= 11 is 0. The third kappa shape index (κ3) is 8.03. The normalized spacial score (nSPS) is 12.0. The van der Waals surface area contributed by atoms with E-state index in [-0.39, 0.29) is 117 Å². The molecule has 0 atom stereocenters. The molecular weight excluding hydrogens is 543 g/mol. The number of nitrogen functional groups attached to an aromatic ring is 1. The van der Waals surface area contributed by atoms with Gasteiger partial charge in [-0.25, -0.2) is 25.3 Å². The molecule has 0 unspecified atom stereocenters. The Kier molecular flexibility index (Phi) is 12.5. The molecule has 0 heterocycles. The summed E-state index contributed by atoms with van der Waals surface area (Å²) in [7, 11) is -15.0. The molecule has 3 aromatic carbocycles. The number of hydrogen-bond donors (Lipinski definition) is 1. The van der Waals surface area contributed by atoms with Crippen LogP contribution in [0.2, 0.25) is 0 Å². The molecule has 0 saturated carbocycles. The molecule has 0 aromatic heterocycles. The molecule has 18 heteroatoms. The fourth-order valence-electron chi connectivity index (χ4n) is 2.63. The Bertz CT molecular complexity index is 1560. The monoisotopic (exact) mass is 553 g/mol. The van der Waals surface area contributed by atoms with Crippen LogP contribution >= 0.6 is 0 Å². The van der Waals surface area contributed by atoms with Gasteiger partial charge in [-0.05, 0) is 42.5 Å². The zero-order valence-electron chi connectivity index (χ0n) is 18.0. The molecule has 0 amide bonds. The summed E-state index contributed by atoms with van der Waals surface area (Å²) in [6.07, 6.45) is 0. The van der Waals surface area contributed by atoms with E-state index >= 15 is 0 Å². The van der Waals surface area contributed by atoms with E-state index < -0.39 is 45.0 Å². The Balaban J connectivity index is 0.00000363. The van der Waals surface area contributed by atoms with Crippen LogP contribution in [0, 0.1) is 0 Å². The van der Waals surface area contributed by atoms with Crippen molar-refractivity contribution in [3.05, 3.63) is 48.5 Å². The summed E-state index contributed by atoms with van der Waals surface area (Å²) in [6.45, 7) is 0. The second kappa shape index (κ2) is 12.5. The quantitative estimate of drug-likeness (QED) is 0.136. The van der Waals surface area contributed by atoms with Gasteiger partial charge in [0.15, 0.2) is 0 Å². The summed E-state index contributed by atoms with van der Waals surface area (Å²) in [5.74, 6) is 0. The average Bonchev–Trinajstić information content (AvgIpc) is 2.64. The molecule has 164 valence electrons. The number of hydrogen-bond acceptors (Lipinski definition) is 12. The summed E-state index contributed by atoms with van der Waals surface area (Å²) in [5.41, 5.74) is 5.55. The van der Waals surface area contributed by atoms with Gasteiger partial charge in [0.05, 0.1) is 26.1 Å². The van der Waals surface area contributed by atoms with Crippen LogP contribution in [0.3, 0.4) is 0 Å². The molecule has 2 N–H and O–H groups in total. The minimum Gasteiger partial charge on any atom is -0.744 e. The van der Waals surface area contributed by atoms with E-state index in [0.717, 1.165) is 36.4 Å². The molecule has 0 spiro atoms. The van der Waals surface area contributed by atoms with Gasteiger partial charge in [-0.3, -0.25) is 0 Å². The van der Waals surface area contributed by atoms with E-state index in [1.165, 1.54) is 6.07 Å². The van der Waals surface area contributed by atoms with Crippen LogP contribution in [0.25, 0.3) is 10.8 Å². The Labute approximate surface area is 261 Å². The van der Waals surface area contributed by atoms with Gasteiger partial charge in [-0.15, -0.1) is 5.11 Å². The fraction of sp³-hybridized carbons (Fsp3) is 0. The first-order valence-electron chi connectivity index (χ1n) is 7.94. The molecule has 0 radical (unpaired) electrons. The molecule has 0 fully saturated rings. The maximum absolute atomic E-state index is 11.6. The summed E-state index contributed by atoms with van der Waals surface area (Å²) < 4.78 is 102. The van der Waals surface area contributed by atoms with Crippen molar-refractivity contribution in [3.63, 3.8) is 0 Å². The van der Waals surface area contributed by atoms with Crippen molar-refractivity contribution in [3.8, 4) is 0 Å². The molecule has 0 saturated heterocycles. The summed E-state index contributed by atoms with van der Waals surface area (Å²) in [4.78, 5) is -2.45. The van der Waals surface area contributed by atoms with Gasteiger partial charge in [0, 0.05) is 10.8 Å². The molecular formula is C16H10N3Na3O9S3. The molecule has 0 aliphatic heterocycles. The van der Waals surface area contributed by atoms with Crippen LogP contribution in [0.1, 0.15) is 0 Å². The average molecular weight is 553 g/mol. The predicted molar refractivity (Wildman–Crippen MR) is 103 cm³/mol. The maximum atomic E-state index is 11.6. The Morgan fingerprint density at radius 3 is 1.62 bits per heavy atom. The Morgan fingerprint density at radius 2 is 1.15 bits per heavy atom. The standard InChI is InChI=1S/C16H13N3O9S3.3Na/c17-14-6-5-12-13(7-11(30(23,24)25)8-15(12)31(26,27)28)16(14)19-18-9-1-3-10(4-2-9)29(20,21)22;;;/h1-8H,17H2,(H,20,21,22)(H,23,24,25)(H,26,27,28);;;/q;3*+1/p-3. The van der Waals surface area contributed by atoms with Crippen molar-refractivity contribution in [2.45, 2.75) is 14.7 Å². The number of azo groups is 1. The van der Waals surface area contributed by atoms with E-state index in [1.807, 2.05) is 0 Å². The third-order valence-corrected chi connectivity index (χ3v) is 6.56. The van der Waals surface area contributed by atoms with Gasteiger partial charge in [-0.2, -0.15) is 5.11 Å². The van der Waals surface area contributed by atoms with Gasteiger partial charge in [-0.1, -0.05) is 6.07 Å². The number of rotatable bonds is 5. The Hall–Kier alpha value is 0.0500. The van der Waals surface area contributed by atoms with Crippen molar-refractivity contribution in [1.82, 2.24) is 0 Å². The zero-order chi connectivity index (χ0) is 23.2. The topological polar surface area (TPSA) is 222 Å². The number of benzene rings is 3.